The molecule has 1 fully saturated rings. The van der Waals surface area contributed by atoms with Gasteiger partial charge >= 0.3 is 6.09 Å². The number of ether oxygens (including phenoxy) is 2. The molecule has 0 N–H and O–H groups in total. The van der Waals surface area contributed by atoms with E-state index in [4.69, 9.17) is 9.47 Å². The van der Waals surface area contributed by atoms with Gasteiger partial charge in [0.25, 0.3) is 0 Å². The highest BCUT2D eigenvalue weighted by atomic mass is 16.6. The van der Waals surface area contributed by atoms with Crippen LogP contribution in [-0.2, 0) is 9.47 Å². The molecule has 1 amide bonds. The number of carbonyl (C=O) groups excluding carboxylic acids is 1. The van der Waals surface area contributed by atoms with E-state index in [0.29, 0.717) is 13.1 Å². The highest BCUT2D eigenvalue weighted by Crippen LogP contribution is 2.30. The van der Waals surface area contributed by atoms with E-state index in [9.17, 15) is 4.79 Å². The number of fused-ring (bicyclic) bond motifs is 1. The van der Waals surface area contributed by atoms with Gasteiger partial charge in [0.1, 0.15) is 5.60 Å². The van der Waals surface area contributed by atoms with Crippen molar-refractivity contribution < 1.29 is 14.3 Å². The molecular formula is C22H29N3O3. The molecule has 150 valence electrons. The van der Waals surface area contributed by atoms with Crippen molar-refractivity contribution in [2.24, 2.45) is 0 Å². The number of carbonyl (C=O) groups is 1. The topological polar surface area (TPSA) is 56.6 Å². The molecule has 1 aromatic heterocycles. The van der Waals surface area contributed by atoms with Crippen molar-refractivity contribution in [1.29, 1.82) is 0 Å². The van der Waals surface area contributed by atoms with Gasteiger partial charge in [-0.3, -0.25) is 0 Å². The van der Waals surface area contributed by atoms with E-state index < -0.39 is 5.60 Å². The summed E-state index contributed by atoms with van der Waals surface area (Å²) in [7, 11) is 0. The van der Waals surface area contributed by atoms with Crippen LogP contribution in [-0.4, -0.2) is 46.1 Å². The summed E-state index contributed by atoms with van der Waals surface area (Å²) in [6.45, 7) is 7.73. The lowest BCUT2D eigenvalue weighted by Crippen LogP contribution is -2.39. The Morgan fingerprint density at radius 1 is 1.29 bits per heavy atom. The molecular weight excluding hydrogens is 354 g/mol. The van der Waals surface area contributed by atoms with Gasteiger partial charge < -0.3 is 14.4 Å². The van der Waals surface area contributed by atoms with Crippen LogP contribution < -0.4 is 0 Å². The lowest BCUT2D eigenvalue weighted by Gasteiger charge is -2.29. The van der Waals surface area contributed by atoms with Crippen molar-refractivity contribution in [2.45, 2.75) is 58.3 Å². The van der Waals surface area contributed by atoms with Crippen LogP contribution in [0, 0.1) is 0 Å². The Balaban J connectivity index is 1.52. The average Bonchev–Trinajstić information content (AvgIpc) is 3.11. The minimum absolute atomic E-state index is 0.0319. The standard InChI is InChI=1S/C22H29N3O3/c1-22(2,3)28-21(26)24-11-9-16(10-12-24)17-7-8-18-15-23-25(19(18)14-17)20-6-4-5-13-27-20/h7-9,14-15,20H,4-6,10-13H2,1-3H3. The number of nitrogens with zero attached hydrogens (tertiary/aromatic N) is 3. The summed E-state index contributed by atoms with van der Waals surface area (Å²) in [4.78, 5) is 14.0. The molecule has 2 aliphatic rings. The Morgan fingerprint density at radius 3 is 2.82 bits per heavy atom. The van der Waals surface area contributed by atoms with Crippen molar-refractivity contribution in [2.75, 3.05) is 19.7 Å². The zero-order chi connectivity index (χ0) is 19.7. The zero-order valence-electron chi connectivity index (χ0n) is 17.0. The van der Waals surface area contributed by atoms with E-state index >= 15 is 0 Å². The molecule has 0 saturated carbocycles. The monoisotopic (exact) mass is 383 g/mol. The number of hydrogen-bond donors (Lipinski definition) is 0. The molecule has 0 aliphatic carbocycles. The Bertz CT molecular complexity index is 888. The van der Waals surface area contributed by atoms with Crippen molar-refractivity contribution in [1.82, 2.24) is 14.7 Å². The minimum Gasteiger partial charge on any atom is -0.444 e. The number of benzene rings is 1. The largest absolute Gasteiger partial charge is 0.444 e. The fourth-order valence-electron chi connectivity index (χ4n) is 3.81. The highest BCUT2D eigenvalue weighted by molar-refractivity contribution is 5.84. The van der Waals surface area contributed by atoms with Gasteiger partial charge in [-0.05, 0) is 63.7 Å². The van der Waals surface area contributed by atoms with Crippen molar-refractivity contribution in [3.8, 4) is 0 Å². The van der Waals surface area contributed by atoms with E-state index in [1.807, 2.05) is 31.6 Å². The van der Waals surface area contributed by atoms with Gasteiger partial charge in [-0.25, -0.2) is 9.48 Å². The maximum atomic E-state index is 12.3. The molecule has 3 heterocycles. The van der Waals surface area contributed by atoms with Crippen LogP contribution in [0.3, 0.4) is 0 Å². The molecule has 6 heteroatoms. The van der Waals surface area contributed by atoms with Gasteiger partial charge in [-0.1, -0.05) is 18.2 Å². The Labute approximate surface area is 166 Å². The molecule has 0 spiro atoms. The number of amides is 1. The predicted molar refractivity (Wildman–Crippen MR) is 109 cm³/mol. The van der Waals surface area contributed by atoms with E-state index in [2.05, 4.69) is 29.4 Å². The Kier molecular flexibility index (Phi) is 5.15. The van der Waals surface area contributed by atoms with Crippen LogP contribution in [0.4, 0.5) is 4.79 Å². The summed E-state index contributed by atoms with van der Waals surface area (Å²) < 4.78 is 13.4. The lowest BCUT2D eigenvalue weighted by molar-refractivity contribution is -0.0366. The quantitative estimate of drug-likeness (QED) is 0.750. The van der Waals surface area contributed by atoms with Gasteiger partial charge in [0, 0.05) is 25.1 Å². The lowest BCUT2D eigenvalue weighted by atomic mass is 9.98. The molecule has 1 unspecified atom stereocenters. The van der Waals surface area contributed by atoms with Crippen LogP contribution in [0.5, 0.6) is 0 Å². The van der Waals surface area contributed by atoms with Crippen LogP contribution in [0.2, 0.25) is 0 Å². The molecule has 0 bridgehead atoms. The van der Waals surface area contributed by atoms with E-state index in [1.54, 1.807) is 4.90 Å². The second-order valence-corrected chi connectivity index (χ2v) is 8.59. The molecule has 2 aliphatic heterocycles. The molecule has 4 rings (SSSR count). The molecule has 6 nitrogen and oxygen atoms in total. The predicted octanol–water partition coefficient (Wildman–Crippen LogP) is 4.76. The SMILES string of the molecule is CC(C)(C)OC(=O)N1CC=C(c2ccc3cnn(C4CCCCO4)c3c2)CC1. The summed E-state index contributed by atoms with van der Waals surface area (Å²) in [6.07, 6.45) is 7.96. The average molecular weight is 383 g/mol. The first-order chi connectivity index (χ1) is 13.4. The third-order valence-electron chi connectivity index (χ3n) is 5.26. The first-order valence-corrected chi connectivity index (χ1v) is 10.2. The van der Waals surface area contributed by atoms with Crippen molar-refractivity contribution in [3.63, 3.8) is 0 Å². The Hall–Kier alpha value is -2.34. The molecule has 1 atom stereocenters. The smallest absolute Gasteiger partial charge is 0.410 e. The first kappa shape index (κ1) is 19.0. The number of aromatic nitrogens is 2. The van der Waals surface area contributed by atoms with Crippen LogP contribution in [0.1, 0.15) is 58.2 Å². The van der Waals surface area contributed by atoms with Gasteiger partial charge in [-0.15, -0.1) is 0 Å². The normalized spacial score (nSPS) is 20.9. The van der Waals surface area contributed by atoms with E-state index in [0.717, 1.165) is 36.8 Å². The maximum absolute atomic E-state index is 12.3. The van der Waals surface area contributed by atoms with Crippen LogP contribution in [0.15, 0.2) is 30.5 Å². The first-order valence-electron chi connectivity index (χ1n) is 10.2. The minimum atomic E-state index is -0.467. The summed E-state index contributed by atoms with van der Waals surface area (Å²) in [6, 6.07) is 6.47. The fraction of sp³-hybridized carbons (Fsp3) is 0.545. The molecule has 2 aromatic rings. The molecule has 1 saturated heterocycles. The second-order valence-electron chi connectivity index (χ2n) is 8.59. The molecule has 28 heavy (non-hydrogen) atoms. The van der Waals surface area contributed by atoms with Crippen molar-refractivity contribution >= 4 is 22.6 Å². The summed E-state index contributed by atoms with van der Waals surface area (Å²) in [5, 5.41) is 5.71. The van der Waals surface area contributed by atoms with Gasteiger partial charge in [0.2, 0.25) is 0 Å². The van der Waals surface area contributed by atoms with Gasteiger partial charge in [0.05, 0.1) is 11.7 Å². The second kappa shape index (κ2) is 7.59. The van der Waals surface area contributed by atoms with Gasteiger partial charge in [-0.2, -0.15) is 5.10 Å². The number of hydrogen-bond acceptors (Lipinski definition) is 4. The molecule has 1 aromatic carbocycles. The van der Waals surface area contributed by atoms with Crippen LogP contribution >= 0.6 is 0 Å². The molecule has 0 radical (unpaired) electrons. The summed E-state index contributed by atoms with van der Waals surface area (Å²) in [5.41, 5.74) is 3.10. The van der Waals surface area contributed by atoms with Crippen LogP contribution in [0.25, 0.3) is 16.5 Å². The van der Waals surface area contributed by atoms with Gasteiger partial charge in [0.15, 0.2) is 6.23 Å². The third-order valence-corrected chi connectivity index (χ3v) is 5.26. The Morgan fingerprint density at radius 2 is 2.14 bits per heavy atom. The highest BCUT2D eigenvalue weighted by Gasteiger charge is 2.24. The summed E-state index contributed by atoms with van der Waals surface area (Å²) >= 11 is 0. The fourth-order valence-corrected chi connectivity index (χ4v) is 3.81. The van der Waals surface area contributed by atoms with E-state index in [1.165, 1.54) is 17.6 Å². The number of rotatable bonds is 2. The zero-order valence-corrected chi connectivity index (χ0v) is 17.0. The third kappa shape index (κ3) is 4.07. The summed E-state index contributed by atoms with van der Waals surface area (Å²) in [5.74, 6) is 0. The maximum Gasteiger partial charge on any atom is 0.410 e. The van der Waals surface area contributed by atoms with E-state index in [-0.39, 0.29) is 12.3 Å². The van der Waals surface area contributed by atoms with Crippen molar-refractivity contribution in [3.05, 3.63) is 36.0 Å².